The summed E-state index contributed by atoms with van der Waals surface area (Å²) in [5, 5.41) is 4.23. The molecule has 0 radical (unpaired) electrons. The van der Waals surface area contributed by atoms with E-state index >= 15 is 0 Å². The van der Waals surface area contributed by atoms with Crippen molar-refractivity contribution in [2.45, 2.75) is 57.5 Å². The van der Waals surface area contributed by atoms with Gasteiger partial charge in [-0.15, -0.1) is 0 Å². The minimum absolute atomic E-state index is 0.398. The van der Waals surface area contributed by atoms with Crippen LogP contribution in [0.5, 0.6) is 0 Å². The maximum absolute atomic E-state index is 5.42. The summed E-state index contributed by atoms with van der Waals surface area (Å²) in [4.78, 5) is 11.6. The van der Waals surface area contributed by atoms with Gasteiger partial charge in [-0.2, -0.15) is 4.98 Å². The average molecular weight is 301 g/mol. The third-order valence-electron chi connectivity index (χ3n) is 4.76. The lowest BCUT2D eigenvalue weighted by Crippen LogP contribution is -2.35. The standard InChI is InChI=1S/C16H23N5O/c1-2-21-9-7-17-14(21)11-20-8-3-4-13(10-20)15-18-16(22-19-15)12-5-6-12/h7,9,12-13H,2-6,8,10-11H2,1H3/t13-/m0/s1. The zero-order chi connectivity index (χ0) is 14.9. The molecule has 2 aromatic rings. The fourth-order valence-corrected chi connectivity index (χ4v) is 3.30. The van der Waals surface area contributed by atoms with Gasteiger partial charge in [0.25, 0.3) is 0 Å². The molecular weight excluding hydrogens is 278 g/mol. The van der Waals surface area contributed by atoms with Crippen LogP contribution in [0.2, 0.25) is 0 Å². The molecule has 0 amide bonds. The third kappa shape index (κ3) is 2.79. The lowest BCUT2D eigenvalue weighted by molar-refractivity contribution is 0.188. The molecular formula is C16H23N5O. The molecule has 4 rings (SSSR count). The Bertz CT molecular complexity index is 630. The molecule has 1 aliphatic heterocycles. The second-order valence-corrected chi connectivity index (χ2v) is 6.47. The number of aromatic nitrogens is 4. The van der Waals surface area contributed by atoms with Crippen molar-refractivity contribution in [3.8, 4) is 0 Å². The van der Waals surface area contributed by atoms with Crippen LogP contribution >= 0.6 is 0 Å². The maximum Gasteiger partial charge on any atom is 0.229 e. The van der Waals surface area contributed by atoms with Crippen molar-refractivity contribution >= 4 is 0 Å². The lowest BCUT2D eigenvalue weighted by atomic mass is 9.97. The van der Waals surface area contributed by atoms with E-state index in [-0.39, 0.29) is 0 Å². The van der Waals surface area contributed by atoms with E-state index in [2.05, 4.69) is 37.7 Å². The zero-order valence-electron chi connectivity index (χ0n) is 13.1. The monoisotopic (exact) mass is 301 g/mol. The second kappa shape index (κ2) is 5.83. The molecule has 3 heterocycles. The Hall–Kier alpha value is -1.69. The molecule has 2 fully saturated rings. The fourth-order valence-electron chi connectivity index (χ4n) is 3.30. The van der Waals surface area contributed by atoms with Gasteiger partial charge in [0.1, 0.15) is 5.82 Å². The van der Waals surface area contributed by atoms with E-state index in [4.69, 9.17) is 4.52 Å². The van der Waals surface area contributed by atoms with Crippen molar-refractivity contribution in [2.75, 3.05) is 13.1 Å². The predicted molar refractivity (Wildman–Crippen MR) is 81.4 cm³/mol. The van der Waals surface area contributed by atoms with Crippen LogP contribution in [0, 0.1) is 0 Å². The van der Waals surface area contributed by atoms with Crippen LogP contribution in [0.15, 0.2) is 16.9 Å². The first kappa shape index (κ1) is 13.9. The van der Waals surface area contributed by atoms with Gasteiger partial charge in [0.05, 0.1) is 6.54 Å². The van der Waals surface area contributed by atoms with Crippen molar-refractivity contribution in [3.05, 3.63) is 29.9 Å². The summed E-state index contributed by atoms with van der Waals surface area (Å²) < 4.78 is 7.63. The molecule has 0 spiro atoms. The molecule has 0 N–H and O–H groups in total. The van der Waals surface area contributed by atoms with Crippen LogP contribution in [-0.2, 0) is 13.1 Å². The first-order valence-corrected chi connectivity index (χ1v) is 8.39. The van der Waals surface area contributed by atoms with Gasteiger partial charge in [0.2, 0.25) is 5.89 Å². The lowest BCUT2D eigenvalue weighted by Gasteiger charge is -2.30. The number of piperidine rings is 1. The smallest absolute Gasteiger partial charge is 0.229 e. The molecule has 22 heavy (non-hydrogen) atoms. The molecule has 1 aliphatic carbocycles. The highest BCUT2D eigenvalue weighted by Gasteiger charge is 2.32. The number of nitrogens with zero attached hydrogens (tertiary/aromatic N) is 5. The largest absolute Gasteiger partial charge is 0.339 e. The Labute approximate surface area is 130 Å². The van der Waals surface area contributed by atoms with Crippen LogP contribution in [-0.4, -0.2) is 37.7 Å². The van der Waals surface area contributed by atoms with Gasteiger partial charge in [-0.1, -0.05) is 5.16 Å². The highest BCUT2D eigenvalue weighted by molar-refractivity contribution is 5.06. The van der Waals surface area contributed by atoms with E-state index in [1.165, 1.54) is 19.3 Å². The minimum Gasteiger partial charge on any atom is -0.339 e. The van der Waals surface area contributed by atoms with Gasteiger partial charge in [0.15, 0.2) is 5.82 Å². The second-order valence-electron chi connectivity index (χ2n) is 6.47. The fraction of sp³-hybridized carbons (Fsp3) is 0.688. The molecule has 0 unspecified atom stereocenters. The molecule has 6 heteroatoms. The van der Waals surface area contributed by atoms with Gasteiger partial charge in [0, 0.05) is 37.3 Å². The van der Waals surface area contributed by atoms with E-state index < -0.39 is 0 Å². The van der Waals surface area contributed by atoms with Crippen LogP contribution in [0.4, 0.5) is 0 Å². The van der Waals surface area contributed by atoms with Crippen LogP contribution in [0.1, 0.15) is 62.0 Å². The molecule has 1 atom stereocenters. The van der Waals surface area contributed by atoms with Crippen molar-refractivity contribution in [1.82, 2.24) is 24.6 Å². The normalized spacial score (nSPS) is 23.0. The molecule has 1 saturated heterocycles. The molecule has 0 aromatic carbocycles. The van der Waals surface area contributed by atoms with Crippen molar-refractivity contribution < 1.29 is 4.52 Å². The zero-order valence-corrected chi connectivity index (χ0v) is 13.1. The average Bonchev–Trinajstić information content (AvgIpc) is 3.11. The first-order chi connectivity index (χ1) is 10.8. The summed E-state index contributed by atoms with van der Waals surface area (Å²) in [6.45, 7) is 6.16. The molecule has 2 aliphatic rings. The molecule has 0 bridgehead atoms. The van der Waals surface area contributed by atoms with E-state index in [0.717, 1.165) is 50.1 Å². The van der Waals surface area contributed by atoms with E-state index in [1.54, 1.807) is 0 Å². The molecule has 1 saturated carbocycles. The highest BCUT2D eigenvalue weighted by atomic mass is 16.5. The van der Waals surface area contributed by atoms with Crippen molar-refractivity contribution in [1.29, 1.82) is 0 Å². The van der Waals surface area contributed by atoms with Crippen LogP contribution in [0.3, 0.4) is 0 Å². The Morgan fingerprint density at radius 3 is 3.00 bits per heavy atom. The summed E-state index contributed by atoms with van der Waals surface area (Å²) in [5.74, 6) is 3.85. The highest BCUT2D eigenvalue weighted by Crippen LogP contribution is 2.39. The molecule has 2 aromatic heterocycles. The SMILES string of the molecule is CCn1ccnc1CN1CCC[C@H](c2noc(C3CC3)n2)C1. The summed E-state index contributed by atoms with van der Waals surface area (Å²) in [6.07, 6.45) is 8.70. The van der Waals surface area contributed by atoms with Gasteiger partial charge >= 0.3 is 0 Å². The topological polar surface area (TPSA) is 60.0 Å². The molecule has 6 nitrogen and oxygen atoms in total. The summed E-state index contributed by atoms with van der Waals surface area (Å²) in [5.41, 5.74) is 0. The minimum atomic E-state index is 0.398. The van der Waals surface area contributed by atoms with Crippen molar-refractivity contribution in [3.63, 3.8) is 0 Å². The van der Waals surface area contributed by atoms with Crippen LogP contribution < -0.4 is 0 Å². The van der Waals surface area contributed by atoms with Crippen molar-refractivity contribution in [2.24, 2.45) is 0 Å². The number of hydrogen-bond donors (Lipinski definition) is 0. The number of rotatable bonds is 5. The van der Waals surface area contributed by atoms with Gasteiger partial charge < -0.3 is 9.09 Å². The quantitative estimate of drug-likeness (QED) is 0.849. The first-order valence-electron chi connectivity index (χ1n) is 8.39. The van der Waals surface area contributed by atoms with Gasteiger partial charge in [-0.3, -0.25) is 4.90 Å². The number of aryl methyl sites for hydroxylation is 1. The van der Waals surface area contributed by atoms with E-state index in [0.29, 0.717) is 11.8 Å². The summed E-state index contributed by atoms with van der Waals surface area (Å²) in [6, 6.07) is 0. The maximum atomic E-state index is 5.42. The Balaban J connectivity index is 1.42. The predicted octanol–water partition coefficient (Wildman–Crippen LogP) is 2.54. The molecule has 118 valence electrons. The van der Waals surface area contributed by atoms with Crippen LogP contribution in [0.25, 0.3) is 0 Å². The van der Waals surface area contributed by atoms with E-state index in [9.17, 15) is 0 Å². The van der Waals surface area contributed by atoms with Gasteiger partial charge in [-0.05, 0) is 39.2 Å². The third-order valence-corrected chi connectivity index (χ3v) is 4.76. The number of hydrogen-bond acceptors (Lipinski definition) is 5. The van der Waals surface area contributed by atoms with Gasteiger partial charge in [-0.25, -0.2) is 4.98 Å². The summed E-state index contributed by atoms with van der Waals surface area (Å²) >= 11 is 0. The number of likely N-dealkylation sites (tertiary alicyclic amines) is 1. The Morgan fingerprint density at radius 1 is 1.27 bits per heavy atom. The Kier molecular flexibility index (Phi) is 3.70. The van der Waals surface area contributed by atoms with E-state index in [1.807, 2.05) is 6.20 Å². The Morgan fingerprint density at radius 2 is 2.18 bits per heavy atom. The summed E-state index contributed by atoms with van der Waals surface area (Å²) in [7, 11) is 0. The number of imidazole rings is 1.